The van der Waals surface area contributed by atoms with Crippen LogP contribution in [0.1, 0.15) is 17.5 Å². The van der Waals surface area contributed by atoms with Crippen LogP contribution in [0.25, 0.3) is 0 Å². The molecule has 0 spiro atoms. The lowest BCUT2D eigenvalue weighted by atomic mass is 9.85. The molecule has 1 heterocycles. The first-order valence-corrected chi connectivity index (χ1v) is 6.35. The van der Waals surface area contributed by atoms with Crippen molar-refractivity contribution in [2.24, 2.45) is 0 Å². The van der Waals surface area contributed by atoms with Crippen molar-refractivity contribution >= 4 is 23.2 Å². The minimum Gasteiger partial charge on any atom is -0.379 e. The van der Waals surface area contributed by atoms with E-state index in [2.05, 4.69) is 10.9 Å². The summed E-state index contributed by atoms with van der Waals surface area (Å²) in [6.07, 6.45) is 8.71. The number of hydrogen-bond donors (Lipinski definition) is 1. The van der Waals surface area contributed by atoms with Gasteiger partial charge in [0.2, 0.25) is 0 Å². The second-order valence-corrected chi connectivity index (χ2v) is 4.93. The van der Waals surface area contributed by atoms with Crippen molar-refractivity contribution in [3.63, 3.8) is 0 Å². The lowest BCUT2D eigenvalue weighted by Gasteiger charge is -2.27. The molecule has 0 radical (unpaired) electrons. The highest BCUT2D eigenvalue weighted by atomic mass is 35.5. The predicted molar refractivity (Wildman–Crippen MR) is 77.1 cm³/mol. The second kappa shape index (κ2) is 5.63. The van der Waals surface area contributed by atoms with E-state index in [1.165, 1.54) is 0 Å². The molecular weight excluding hydrogens is 281 g/mol. The van der Waals surface area contributed by atoms with Crippen LogP contribution in [0.4, 0.5) is 0 Å². The molecule has 0 saturated heterocycles. The van der Waals surface area contributed by atoms with Gasteiger partial charge in [-0.3, -0.25) is 4.98 Å². The minimum atomic E-state index is -1.32. The Bertz CT molecular complexity index is 622. The summed E-state index contributed by atoms with van der Waals surface area (Å²) in [6, 6.07) is 8.48. The summed E-state index contributed by atoms with van der Waals surface area (Å²) in [4.78, 5) is 4.01. The van der Waals surface area contributed by atoms with Gasteiger partial charge in [0.1, 0.15) is 5.60 Å². The van der Waals surface area contributed by atoms with Gasteiger partial charge >= 0.3 is 0 Å². The molecule has 96 valence electrons. The molecule has 1 aromatic carbocycles. The maximum Gasteiger partial charge on any atom is 0.127 e. The molecule has 4 heteroatoms. The van der Waals surface area contributed by atoms with Gasteiger partial charge in [0, 0.05) is 24.4 Å². The fourth-order valence-corrected chi connectivity index (χ4v) is 2.18. The average Bonchev–Trinajstić information content (AvgIpc) is 2.43. The van der Waals surface area contributed by atoms with E-state index in [1.54, 1.807) is 42.7 Å². The van der Waals surface area contributed by atoms with Crippen LogP contribution in [-0.2, 0) is 5.60 Å². The van der Waals surface area contributed by atoms with Crippen LogP contribution in [0, 0.1) is 12.3 Å². The lowest BCUT2D eigenvalue weighted by Crippen LogP contribution is -2.27. The Morgan fingerprint density at radius 2 is 2.00 bits per heavy atom. The Balaban J connectivity index is 2.57. The number of benzene rings is 1. The molecule has 1 atom stereocenters. The Morgan fingerprint density at radius 1 is 1.21 bits per heavy atom. The normalized spacial score (nSPS) is 13.6. The van der Waals surface area contributed by atoms with Crippen molar-refractivity contribution in [2.75, 3.05) is 0 Å². The monoisotopic (exact) mass is 291 g/mol. The van der Waals surface area contributed by atoms with E-state index in [0.29, 0.717) is 21.2 Å². The fourth-order valence-electron chi connectivity index (χ4n) is 1.88. The van der Waals surface area contributed by atoms with E-state index in [4.69, 9.17) is 29.6 Å². The highest BCUT2D eigenvalue weighted by molar-refractivity contribution is 6.42. The second-order valence-electron chi connectivity index (χ2n) is 4.11. The maximum absolute atomic E-state index is 10.9. The first kappa shape index (κ1) is 13.9. The van der Waals surface area contributed by atoms with Crippen molar-refractivity contribution in [1.82, 2.24) is 4.98 Å². The number of aliphatic hydroxyl groups is 1. The number of aromatic nitrogens is 1. The summed E-state index contributed by atoms with van der Waals surface area (Å²) >= 11 is 11.9. The van der Waals surface area contributed by atoms with Gasteiger partial charge in [-0.2, -0.15) is 0 Å². The first-order valence-electron chi connectivity index (χ1n) is 5.60. The quantitative estimate of drug-likeness (QED) is 0.876. The lowest BCUT2D eigenvalue weighted by molar-refractivity contribution is 0.0862. The fraction of sp³-hybridized carbons (Fsp3) is 0.133. The van der Waals surface area contributed by atoms with Crippen LogP contribution in [-0.4, -0.2) is 10.1 Å². The van der Waals surface area contributed by atoms with Crippen molar-refractivity contribution in [1.29, 1.82) is 0 Å². The van der Waals surface area contributed by atoms with Gasteiger partial charge in [-0.15, -0.1) is 12.3 Å². The van der Waals surface area contributed by atoms with Crippen LogP contribution in [0.15, 0.2) is 42.7 Å². The third-order valence-electron chi connectivity index (χ3n) is 2.89. The predicted octanol–water partition coefficient (Wildman–Crippen LogP) is 3.65. The number of nitrogens with zero attached hydrogens (tertiary/aromatic N) is 1. The number of hydrogen-bond acceptors (Lipinski definition) is 2. The highest BCUT2D eigenvalue weighted by Gasteiger charge is 2.31. The van der Waals surface area contributed by atoms with Gasteiger partial charge in [0.05, 0.1) is 10.0 Å². The molecule has 2 rings (SSSR count). The van der Waals surface area contributed by atoms with Crippen molar-refractivity contribution in [3.8, 4) is 12.3 Å². The molecule has 0 amide bonds. The number of pyridine rings is 1. The Kier molecular flexibility index (Phi) is 4.11. The molecule has 0 fully saturated rings. The van der Waals surface area contributed by atoms with E-state index in [1.807, 2.05) is 0 Å². The zero-order valence-corrected chi connectivity index (χ0v) is 11.5. The van der Waals surface area contributed by atoms with Gasteiger partial charge in [-0.25, -0.2) is 0 Å². The molecule has 0 aliphatic carbocycles. The van der Waals surface area contributed by atoms with Crippen LogP contribution < -0.4 is 0 Å². The molecule has 19 heavy (non-hydrogen) atoms. The van der Waals surface area contributed by atoms with Crippen molar-refractivity contribution in [3.05, 3.63) is 63.9 Å². The van der Waals surface area contributed by atoms with E-state index < -0.39 is 5.60 Å². The Morgan fingerprint density at radius 3 is 2.58 bits per heavy atom. The molecule has 2 nitrogen and oxygen atoms in total. The molecule has 1 unspecified atom stereocenters. The SMILES string of the molecule is C#CCC(O)(c1cccnc1)c1ccc(Cl)c(Cl)c1. The zero-order valence-electron chi connectivity index (χ0n) is 9.98. The molecular formula is C15H11Cl2NO. The summed E-state index contributed by atoms with van der Waals surface area (Å²) in [5.74, 6) is 2.49. The molecule has 1 N–H and O–H groups in total. The molecule has 1 aromatic heterocycles. The minimum absolute atomic E-state index is 0.122. The van der Waals surface area contributed by atoms with Crippen LogP contribution in [0.2, 0.25) is 10.0 Å². The molecule has 2 aromatic rings. The third kappa shape index (κ3) is 2.74. The van der Waals surface area contributed by atoms with E-state index in [0.717, 1.165) is 0 Å². The number of rotatable bonds is 3. The van der Waals surface area contributed by atoms with Crippen LogP contribution in [0.5, 0.6) is 0 Å². The molecule has 0 aliphatic heterocycles. The van der Waals surface area contributed by atoms with Crippen molar-refractivity contribution < 1.29 is 5.11 Å². The van der Waals surface area contributed by atoms with E-state index in [-0.39, 0.29) is 6.42 Å². The summed E-state index contributed by atoms with van der Waals surface area (Å²) in [5.41, 5.74) is -0.115. The summed E-state index contributed by atoms with van der Waals surface area (Å²) < 4.78 is 0. The van der Waals surface area contributed by atoms with Gasteiger partial charge in [0.25, 0.3) is 0 Å². The van der Waals surface area contributed by atoms with E-state index in [9.17, 15) is 5.11 Å². The Hall–Kier alpha value is -1.53. The summed E-state index contributed by atoms with van der Waals surface area (Å²) in [5, 5.41) is 11.7. The zero-order chi connectivity index (χ0) is 13.9. The largest absolute Gasteiger partial charge is 0.379 e. The van der Waals surface area contributed by atoms with Crippen molar-refractivity contribution in [2.45, 2.75) is 12.0 Å². The first-order chi connectivity index (χ1) is 9.08. The number of halogens is 2. The standard InChI is InChI=1S/C15H11Cl2NO/c1-2-7-15(19,12-4-3-8-18-10-12)11-5-6-13(16)14(17)9-11/h1,3-6,8-10,19H,7H2. The van der Waals surface area contributed by atoms with E-state index >= 15 is 0 Å². The number of terminal acetylenes is 1. The molecule has 0 saturated carbocycles. The summed E-state index contributed by atoms with van der Waals surface area (Å²) in [6.45, 7) is 0. The Labute approximate surface area is 122 Å². The van der Waals surface area contributed by atoms with Gasteiger partial charge in [-0.05, 0) is 23.8 Å². The highest BCUT2D eigenvalue weighted by Crippen LogP contribution is 2.35. The van der Waals surface area contributed by atoms with Gasteiger partial charge < -0.3 is 5.11 Å². The van der Waals surface area contributed by atoms with Crippen LogP contribution >= 0.6 is 23.2 Å². The molecule has 0 bridgehead atoms. The average molecular weight is 292 g/mol. The van der Waals surface area contributed by atoms with Crippen LogP contribution in [0.3, 0.4) is 0 Å². The maximum atomic E-state index is 10.9. The van der Waals surface area contributed by atoms with Gasteiger partial charge in [0.15, 0.2) is 0 Å². The molecule has 0 aliphatic rings. The topological polar surface area (TPSA) is 33.1 Å². The van der Waals surface area contributed by atoms with Gasteiger partial charge in [-0.1, -0.05) is 35.3 Å². The third-order valence-corrected chi connectivity index (χ3v) is 3.63. The summed E-state index contributed by atoms with van der Waals surface area (Å²) in [7, 11) is 0. The smallest absolute Gasteiger partial charge is 0.127 e.